The Bertz CT molecular complexity index is 813. The van der Waals surface area contributed by atoms with Gasteiger partial charge in [-0.3, -0.25) is 4.79 Å². The second-order valence-corrected chi connectivity index (χ2v) is 7.29. The summed E-state index contributed by atoms with van der Waals surface area (Å²) in [7, 11) is 0. The van der Waals surface area contributed by atoms with Crippen LogP contribution in [0.3, 0.4) is 0 Å². The molecule has 4 nitrogen and oxygen atoms in total. The number of carbonyl (C=O) groups excluding carboxylic acids is 1. The summed E-state index contributed by atoms with van der Waals surface area (Å²) < 4.78 is 5.53. The molecule has 0 aliphatic carbocycles. The zero-order valence-corrected chi connectivity index (χ0v) is 14.8. The number of carbonyl (C=O) groups is 1. The molecule has 1 aliphatic rings. The number of hydrogen-bond donors (Lipinski definition) is 0. The largest absolute Gasteiger partial charge is 0.460 e. The van der Waals surface area contributed by atoms with Crippen LogP contribution in [0.1, 0.15) is 49.9 Å². The normalized spacial score (nSPS) is 16.2. The number of esters is 1. The Kier molecular flexibility index (Phi) is 4.50. The molecule has 3 rings (SSSR count). The molecule has 25 heavy (non-hydrogen) atoms. The van der Waals surface area contributed by atoms with Gasteiger partial charge in [-0.05, 0) is 56.2 Å². The highest BCUT2D eigenvalue weighted by Crippen LogP contribution is 2.39. The number of rotatable bonds is 3. The van der Waals surface area contributed by atoms with Crippen molar-refractivity contribution in [1.29, 1.82) is 5.26 Å². The van der Waals surface area contributed by atoms with Crippen molar-refractivity contribution in [2.75, 3.05) is 4.90 Å². The third-order valence-electron chi connectivity index (χ3n) is 4.24. The average Bonchev–Trinajstić information content (AvgIpc) is 2.92. The Morgan fingerprint density at radius 1 is 1.20 bits per heavy atom. The molecular formula is C21H22N2O2. The predicted octanol–water partition coefficient (Wildman–Crippen LogP) is 4.35. The van der Waals surface area contributed by atoms with E-state index in [1.165, 1.54) is 5.56 Å². The maximum Gasteiger partial charge on any atom is 0.308 e. The van der Waals surface area contributed by atoms with Gasteiger partial charge >= 0.3 is 5.97 Å². The van der Waals surface area contributed by atoms with Crippen molar-refractivity contribution in [1.82, 2.24) is 0 Å². The Balaban J connectivity index is 1.89. The Morgan fingerprint density at radius 2 is 1.88 bits per heavy atom. The minimum Gasteiger partial charge on any atom is -0.460 e. The highest BCUT2D eigenvalue weighted by molar-refractivity contribution is 5.73. The van der Waals surface area contributed by atoms with Gasteiger partial charge in [0.15, 0.2) is 0 Å². The van der Waals surface area contributed by atoms with Crippen LogP contribution in [0.25, 0.3) is 0 Å². The molecule has 0 saturated carbocycles. The molecule has 0 bridgehead atoms. The summed E-state index contributed by atoms with van der Waals surface area (Å²) in [5.41, 5.74) is 3.53. The SMILES string of the molecule is CC(C)(C)OC(=O)CC1c2ccccc2CN1c1ccc(C#N)cc1. The van der Waals surface area contributed by atoms with E-state index in [0.29, 0.717) is 12.0 Å². The Hall–Kier alpha value is -2.80. The molecule has 0 amide bonds. The Labute approximate surface area is 148 Å². The fourth-order valence-electron chi connectivity index (χ4n) is 3.22. The average molecular weight is 334 g/mol. The second-order valence-electron chi connectivity index (χ2n) is 7.29. The van der Waals surface area contributed by atoms with Gasteiger partial charge in [0.2, 0.25) is 0 Å². The van der Waals surface area contributed by atoms with E-state index in [1.54, 1.807) is 0 Å². The molecule has 0 N–H and O–H groups in total. The van der Waals surface area contributed by atoms with Gasteiger partial charge in [-0.15, -0.1) is 0 Å². The monoisotopic (exact) mass is 334 g/mol. The summed E-state index contributed by atoms with van der Waals surface area (Å²) in [6, 6.07) is 17.8. The van der Waals surface area contributed by atoms with Crippen molar-refractivity contribution in [3.8, 4) is 6.07 Å². The van der Waals surface area contributed by atoms with E-state index in [4.69, 9.17) is 10.00 Å². The Morgan fingerprint density at radius 3 is 2.52 bits per heavy atom. The minimum atomic E-state index is -0.492. The van der Waals surface area contributed by atoms with Crippen molar-refractivity contribution in [2.45, 2.75) is 45.4 Å². The van der Waals surface area contributed by atoms with Crippen molar-refractivity contribution in [3.63, 3.8) is 0 Å². The number of anilines is 1. The number of nitriles is 1. The quantitative estimate of drug-likeness (QED) is 0.783. The van der Waals surface area contributed by atoms with Crippen LogP contribution < -0.4 is 4.90 Å². The van der Waals surface area contributed by atoms with E-state index >= 15 is 0 Å². The van der Waals surface area contributed by atoms with Gasteiger partial charge in [-0.1, -0.05) is 24.3 Å². The summed E-state index contributed by atoms with van der Waals surface area (Å²) in [6.45, 7) is 6.39. The summed E-state index contributed by atoms with van der Waals surface area (Å²) >= 11 is 0. The van der Waals surface area contributed by atoms with E-state index in [2.05, 4.69) is 23.1 Å². The molecule has 4 heteroatoms. The standard InChI is InChI=1S/C21H22N2O2/c1-21(2,3)25-20(24)12-19-18-7-5-4-6-16(18)14-23(19)17-10-8-15(13-22)9-11-17/h4-11,19H,12,14H2,1-3H3. The van der Waals surface area contributed by atoms with Gasteiger partial charge in [0.25, 0.3) is 0 Å². The molecule has 0 spiro atoms. The van der Waals surface area contributed by atoms with E-state index < -0.39 is 5.60 Å². The van der Waals surface area contributed by atoms with Crippen LogP contribution in [-0.2, 0) is 16.1 Å². The molecule has 1 aliphatic heterocycles. The molecule has 0 aromatic heterocycles. The van der Waals surface area contributed by atoms with Crippen LogP contribution in [0, 0.1) is 11.3 Å². The van der Waals surface area contributed by atoms with Crippen LogP contribution >= 0.6 is 0 Å². The van der Waals surface area contributed by atoms with Crippen LogP contribution in [0.2, 0.25) is 0 Å². The van der Waals surface area contributed by atoms with Gasteiger partial charge in [0, 0.05) is 12.2 Å². The molecule has 0 radical (unpaired) electrons. The third-order valence-corrected chi connectivity index (χ3v) is 4.24. The van der Waals surface area contributed by atoms with Gasteiger partial charge < -0.3 is 9.64 Å². The molecule has 1 heterocycles. The summed E-state index contributed by atoms with van der Waals surface area (Å²) in [5, 5.41) is 8.99. The molecular weight excluding hydrogens is 312 g/mol. The van der Waals surface area contributed by atoms with Crippen LogP contribution in [-0.4, -0.2) is 11.6 Å². The van der Waals surface area contributed by atoms with Gasteiger partial charge in [0.05, 0.1) is 24.1 Å². The maximum absolute atomic E-state index is 12.4. The first-order valence-corrected chi connectivity index (χ1v) is 8.44. The van der Waals surface area contributed by atoms with E-state index in [1.807, 2.05) is 57.2 Å². The number of ether oxygens (including phenoxy) is 1. The van der Waals surface area contributed by atoms with E-state index in [9.17, 15) is 4.79 Å². The zero-order chi connectivity index (χ0) is 18.0. The lowest BCUT2D eigenvalue weighted by Crippen LogP contribution is -2.29. The topological polar surface area (TPSA) is 53.3 Å². The minimum absolute atomic E-state index is 0.0565. The summed E-state index contributed by atoms with van der Waals surface area (Å²) in [6.07, 6.45) is 0.300. The van der Waals surface area contributed by atoms with Gasteiger partial charge in [-0.2, -0.15) is 5.26 Å². The van der Waals surface area contributed by atoms with Crippen molar-refractivity contribution >= 4 is 11.7 Å². The van der Waals surface area contributed by atoms with E-state index in [0.717, 1.165) is 17.8 Å². The molecule has 2 aromatic rings. The first-order valence-electron chi connectivity index (χ1n) is 8.44. The van der Waals surface area contributed by atoms with E-state index in [-0.39, 0.29) is 12.0 Å². The molecule has 2 aromatic carbocycles. The fraction of sp³-hybridized carbons (Fsp3) is 0.333. The zero-order valence-electron chi connectivity index (χ0n) is 14.8. The highest BCUT2D eigenvalue weighted by Gasteiger charge is 2.33. The van der Waals surface area contributed by atoms with Gasteiger partial charge in [-0.25, -0.2) is 0 Å². The first-order chi connectivity index (χ1) is 11.9. The van der Waals surface area contributed by atoms with Crippen LogP contribution in [0.15, 0.2) is 48.5 Å². The van der Waals surface area contributed by atoms with Gasteiger partial charge in [0.1, 0.15) is 5.60 Å². The van der Waals surface area contributed by atoms with Crippen molar-refractivity contribution in [3.05, 3.63) is 65.2 Å². The lowest BCUT2D eigenvalue weighted by molar-refractivity contribution is -0.155. The molecule has 0 fully saturated rings. The summed E-state index contributed by atoms with van der Waals surface area (Å²) in [5.74, 6) is -0.201. The number of hydrogen-bond acceptors (Lipinski definition) is 4. The summed E-state index contributed by atoms with van der Waals surface area (Å²) in [4.78, 5) is 14.6. The maximum atomic E-state index is 12.4. The number of fused-ring (bicyclic) bond motifs is 1. The van der Waals surface area contributed by atoms with Crippen molar-refractivity contribution in [2.24, 2.45) is 0 Å². The fourth-order valence-corrected chi connectivity index (χ4v) is 3.22. The highest BCUT2D eigenvalue weighted by atomic mass is 16.6. The lowest BCUT2D eigenvalue weighted by Gasteiger charge is -2.28. The lowest BCUT2D eigenvalue weighted by atomic mass is 10.0. The molecule has 1 unspecified atom stereocenters. The smallest absolute Gasteiger partial charge is 0.308 e. The molecule has 128 valence electrons. The third kappa shape index (κ3) is 3.83. The van der Waals surface area contributed by atoms with Crippen LogP contribution in [0.4, 0.5) is 5.69 Å². The van der Waals surface area contributed by atoms with Crippen LogP contribution in [0.5, 0.6) is 0 Å². The number of nitrogens with zero attached hydrogens (tertiary/aromatic N) is 2. The second kappa shape index (κ2) is 6.60. The van der Waals surface area contributed by atoms with Crippen molar-refractivity contribution < 1.29 is 9.53 Å². The molecule has 0 saturated heterocycles. The molecule has 1 atom stereocenters. The first kappa shape index (κ1) is 17.0. The number of benzene rings is 2. The predicted molar refractivity (Wildman–Crippen MR) is 97.0 cm³/mol.